The normalized spacial score (nSPS) is 21.1. The quantitative estimate of drug-likeness (QED) is 0.777. The van der Waals surface area contributed by atoms with E-state index in [1.165, 1.54) is 6.92 Å². The maximum Gasteiger partial charge on any atom is 0.221 e. The Bertz CT molecular complexity index is 521. The number of carbonyl (C=O) groups is 2. The van der Waals surface area contributed by atoms with Crippen LogP contribution in [0.3, 0.4) is 0 Å². The van der Waals surface area contributed by atoms with Gasteiger partial charge >= 0.3 is 0 Å². The molecule has 1 aromatic heterocycles. The number of amides is 2. The lowest BCUT2D eigenvalue weighted by Crippen LogP contribution is -2.42. The van der Waals surface area contributed by atoms with Crippen LogP contribution in [-0.4, -0.2) is 53.9 Å². The largest absolute Gasteiger partial charge is 0.356 e. The van der Waals surface area contributed by atoms with Crippen molar-refractivity contribution in [3.63, 3.8) is 0 Å². The Hall–Kier alpha value is -1.95. The molecule has 0 saturated carbocycles. The summed E-state index contributed by atoms with van der Waals surface area (Å²) in [7, 11) is 2.03. The summed E-state index contributed by atoms with van der Waals surface area (Å²) in [6, 6.07) is 4.50. The number of aromatic nitrogens is 1. The minimum atomic E-state index is -0.00463. The molecule has 0 bridgehead atoms. The summed E-state index contributed by atoms with van der Waals surface area (Å²) in [5, 5.41) is 5.84. The number of nitrogens with one attached hydrogen (secondary N) is 2. The van der Waals surface area contributed by atoms with Crippen molar-refractivity contribution in [3.8, 4) is 0 Å². The zero-order chi connectivity index (χ0) is 16.7. The molecule has 2 rings (SSSR count). The number of likely N-dealkylation sites (tertiary alicyclic amines) is 1. The Morgan fingerprint density at radius 1 is 1.30 bits per heavy atom. The molecule has 0 spiro atoms. The summed E-state index contributed by atoms with van der Waals surface area (Å²) in [5.41, 5.74) is 1.13. The third-order valence-corrected chi connectivity index (χ3v) is 4.45. The van der Waals surface area contributed by atoms with E-state index in [1.54, 1.807) is 6.20 Å². The van der Waals surface area contributed by atoms with Gasteiger partial charge in [-0.1, -0.05) is 6.07 Å². The molecule has 23 heavy (non-hydrogen) atoms. The molecule has 6 nitrogen and oxygen atoms in total. The Balaban J connectivity index is 1.68. The fourth-order valence-electron chi connectivity index (χ4n) is 3.02. The smallest absolute Gasteiger partial charge is 0.221 e. The van der Waals surface area contributed by atoms with Crippen LogP contribution in [0.15, 0.2) is 24.5 Å². The molecule has 0 radical (unpaired) electrons. The van der Waals surface area contributed by atoms with Gasteiger partial charge in [-0.15, -0.1) is 0 Å². The first-order valence-corrected chi connectivity index (χ1v) is 8.18. The first-order valence-electron chi connectivity index (χ1n) is 8.18. The first-order chi connectivity index (χ1) is 11.1. The molecule has 2 atom stereocenters. The third-order valence-electron chi connectivity index (χ3n) is 4.45. The summed E-state index contributed by atoms with van der Waals surface area (Å²) in [6.45, 7) is 2.82. The van der Waals surface area contributed by atoms with E-state index in [4.69, 9.17) is 0 Å². The number of pyridine rings is 1. The Morgan fingerprint density at radius 2 is 2.09 bits per heavy atom. The maximum atomic E-state index is 12.1. The summed E-state index contributed by atoms with van der Waals surface area (Å²) in [5.74, 6) is 0.0842. The predicted octanol–water partition coefficient (Wildman–Crippen LogP) is 0.729. The number of likely N-dealkylation sites (N-methyl/N-ethyl adjacent to an activating group) is 1. The molecule has 0 unspecified atom stereocenters. The van der Waals surface area contributed by atoms with Crippen LogP contribution in [0.25, 0.3) is 0 Å². The van der Waals surface area contributed by atoms with E-state index in [0.717, 1.165) is 24.8 Å². The molecule has 2 heterocycles. The second kappa shape index (κ2) is 8.62. The van der Waals surface area contributed by atoms with Gasteiger partial charge in [-0.05, 0) is 37.9 Å². The van der Waals surface area contributed by atoms with E-state index in [9.17, 15) is 9.59 Å². The van der Waals surface area contributed by atoms with Crippen LogP contribution in [0.5, 0.6) is 0 Å². The Kier molecular flexibility index (Phi) is 6.52. The number of hydrogen-bond acceptors (Lipinski definition) is 4. The van der Waals surface area contributed by atoms with Crippen LogP contribution in [0, 0.1) is 0 Å². The first kappa shape index (κ1) is 17.4. The third kappa shape index (κ3) is 5.63. The molecule has 1 aliphatic heterocycles. The number of rotatable bonds is 7. The molecule has 6 heteroatoms. The van der Waals surface area contributed by atoms with Crippen LogP contribution in [0.1, 0.15) is 31.7 Å². The van der Waals surface area contributed by atoms with Crippen LogP contribution < -0.4 is 10.6 Å². The second-order valence-corrected chi connectivity index (χ2v) is 6.15. The number of nitrogens with zero attached hydrogens (tertiary/aromatic N) is 2. The van der Waals surface area contributed by atoms with E-state index in [0.29, 0.717) is 25.6 Å². The highest BCUT2D eigenvalue weighted by Crippen LogP contribution is 2.24. The molecule has 1 saturated heterocycles. The van der Waals surface area contributed by atoms with E-state index in [-0.39, 0.29) is 17.9 Å². The molecular weight excluding hydrogens is 292 g/mol. The topological polar surface area (TPSA) is 74.3 Å². The predicted molar refractivity (Wildman–Crippen MR) is 88.8 cm³/mol. The van der Waals surface area contributed by atoms with Crippen molar-refractivity contribution in [2.75, 3.05) is 20.1 Å². The minimum absolute atomic E-state index is 0.00463. The molecule has 2 amide bonds. The van der Waals surface area contributed by atoms with Gasteiger partial charge in [0, 0.05) is 50.9 Å². The van der Waals surface area contributed by atoms with Gasteiger partial charge in [0.25, 0.3) is 0 Å². The van der Waals surface area contributed by atoms with Gasteiger partial charge in [-0.25, -0.2) is 0 Å². The van der Waals surface area contributed by atoms with Crippen molar-refractivity contribution >= 4 is 11.8 Å². The Labute approximate surface area is 137 Å². The van der Waals surface area contributed by atoms with Gasteiger partial charge in [-0.2, -0.15) is 0 Å². The molecule has 1 fully saturated rings. The zero-order valence-corrected chi connectivity index (χ0v) is 13.9. The minimum Gasteiger partial charge on any atom is -0.356 e. The van der Waals surface area contributed by atoms with Crippen LogP contribution in [-0.2, 0) is 16.0 Å². The zero-order valence-electron chi connectivity index (χ0n) is 13.9. The lowest BCUT2D eigenvalue weighted by atomic mass is 10.1. The van der Waals surface area contributed by atoms with E-state index >= 15 is 0 Å². The molecule has 0 aliphatic carbocycles. The number of hydrogen-bond donors (Lipinski definition) is 2. The second-order valence-electron chi connectivity index (χ2n) is 6.15. The van der Waals surface area contributed by atoms with Crippen LogP contribution in [0.2, 0.25) is 0 Å². The van der Waals surface area contributed by atoms with Crippen molar-refractivity contribution in [3.05, 3.63) is 30.1 Å². The maximum absolute atomic E-state index is 12.1. The van der Waals surface area contributed by atoms with Gasteiger partial charge in [0.1, 0.15) is 0 Å². The molecule has 2 N–H and O–H groups in total. The lowest BCUT2D eigenvalue weighted by molar-refractivity contribution is -0.122. The van der Waals surface area contributed by atoms with Crippen LogP contribution >= 0.6 is 0 Å². The van der Waals surface area contributed by atoms with Gasteiger partial charge in [0.05, 0.1) is 0 Å². The summed E-state index contributed by atoms with van der Waals surface area (Å²) in [6.07, 6.45) is 6.89. The highest BCUT2D eigenvalue weighted by atomic mass is 16.2. The Morgan fingerprint density at radius 3 is 2.78 bits per heavy atom. The van der Waals surface area contributed by atoms with Crippen molar-refractivity contribution in [1.82, 2.24) is 20.5 Å². The average molecular weight is 318 g/mol. The van der Waals surface area contributed by atoms with Crippen molar-refractivity contribution < 1.29 is 9.59 Å². The monoisotopic (exact) mass is 318 g/mol. The van der Waals surface area contributed by atoms with Crippen molar-refractivity contribution in [2.24, 2.45) is 0 Å². The molecule has 1 aromatic rings. The van der Waals surface area contributed by atoms with E-state index in [1.807, 2.05) is 25.4 Å². The van der Waals surface area contributed by atoms with Gasteiger partial charge in [-0.3, -0.25) is 19.5 Å². The van der Waals surface area contributed by atoms with Gasteiger partial charge < -0.3 is 10.6 Å². The van der Waals surface area contributed by atoms with Crippen LogP contribution in [0.4, 0.5) is 0 Å². The highest BCUT2D eigenvalue weighted by molar-refractivity contribution is 5.76. The molecule has 1 aliphatic rings. The molecule has 126 valence electrons. The van der Waals surface area contributed by atoms with E-state index in [2.05, 4.69) is 20.5 Å². The number of carbonyl (C=O) groups excluding carboxylic acids is 2. The SMILES string of the molecule is CC(=O)NC[C@H]1CC[C@@H](CC(=O)NCCc2cccnc2)N1C. The fraction of sp³-hybridized carbons (Fsp3) is 0.588. The standard InChI is InChI=1S/C17H26N4O2/c1-13(22)20-12-16-6-5-15(21(16)2)10-17(23)19-9-7-14-4-3-8-18-11-14/h3-4,8,11,15-16H,5-7,9-10,12H2,1-2H3,(H,19,23)(H,20,22)/t15-,16+/m0/s1. The molecular formula is C17H26N4O2. The van der Waals surface area contributed by atoms with Crippen molar-refractivity contribution in [2.45, 2.75) is 44.7 Å². The summed E-state index contributed by atoms with van der Waals surface area (Å²) < 4.78 is 0. The highest BCUT2D eigenvalue weighted by Gasteiger charge is 2.31. The average Bonchev–Trinajstić information content (AvgIpc) is 2.87. The van der Waals surface area contributed by atoms with Crippen molar-refractivity contribution in [1.29, 1.82) is 0 Å². The van der Waals surface area contributed by atoms with Gasteiger partial charge in [0.15, 0.2) is 0 Å². The van der Waals surface area contributed by atoms with Gasteiger partial charge in [0.2, 0.25) is 11.8 Å². The summed E-state index contributed by atoms with van der Waals surface area (Å²) in [4.78, 5) is 29.4. The fourth-order valence-corrected chi connectivity index (χ4v) is 3.02. The molecule has 0 aromatic carbocycles. The van der Waals surface area contributed by atoms with E-state index < -0.39 is 0 Å². The lowest BCUT2D eigenvalue weighted by Gasteiger charge is -2.25. The summed E-state index contributed by atoms with van der Waals surface area (Å²) >= 11 is 0.